The zero-order chi connectivity index (χ0) is 25.3. The van der Waals surface area contributed by atoms with Gasteiger partial charge in [0.15, 0.2) is 0 Å². The minimum Gasteiger partial charge on any atom is -0.383 e. The Morgan fingerprint density at radius 3 is 2.12 bits per heavy atom. The van der Waals surface area contributed by atoms with E-state index in [2.05, 4.69) is 28.7 Å². The molecular formula is C30H44N4. The van der Waals surface area contributed by atoms with Gasteiger partial charge in [-0.05, 0) is 42.3 Å². The summed E-state index contributed by atoms with van der Waals surface area (Å²) in [4.78, 5) is 10.9. The number of anilines is 1. The Kier molecular flexibility index (Phi) is 14.0. The highest BCUT2D eigenvalue weighted by atomic mass is 15.0. The first-order chi connectivity index (χ1) is 16.5. The van der Waals surface area contributed by atoms with E-state index in [0.29, 0.717) is 5.82 Å². The molecule has 34 heavy (non-hydrogen) atoms. The van der Waals surface area contributed by atoms with Gasteiger partial charge in [0.2, 0.25) is 0 Å². The number of nitrogens with zero attached hydrogens (tertiary/aromatic N) is 3. The maximum absolute atomic E-state index is 6.20. The summed E-state index contributed by atoms with van der Waals surface area (Å²) in [6.07, 6.45) is 16.8. The third kappa shape index (κ3) is 9.38. The van der Waals surface area contributed by atoms with Gasteiger partial charge in [-0.25, -0.2) is 4.98 Å². The van der Waals surface area contributed by atoms with E-state index >= 15 is 0 Å². The third-order valence-electron chi connectivity index (χ3n) is 5.37. The molecule has 0 saturated heterocycles. The maximum atomic E-state index is 6.20. The van der Waals surface area contributed by atoms with Crippen molar-refractivity contribution in [1.82, 2.24) is 9.88 Å². The normalized spacial score (nSPS) is 13.9. The smallest absolute Gasteiger partial charge is 0.133 e. The van der Waals surface area contributed by atoms with Gasteiger partial charge in [0.05, 0.1) is 11.4 Å². The minimum absolute atomic E-state index is 0.472. The van der Waals surface area contributed by atoms with Gasteiger partial charge in [0.1, 0.15) is 5.82 Å². The molecule has 4 heteroatoms. The molecular weight excluding hydrogens is 416 g/mol. The Bertz CT molecular complexity index is 952. The number of nitrogen functional groups attached to an aromatic ring is 1. The van der Waals surface area contributed by atoms with Crippen molar-refractivity contribution < 1.29 is 0 Å². The van der Waals surface area contributed by atoms with Crippen molar-refractivity contribution in [2.75, 3.05) is 26.9 Å². The van der Waals surface area contributed by atoms with E-state index in [1.165, 1.54) is 38.5 Å². The topological polar surface area (TPSA) is 54.5 Å². The van der Waals surface area contributed by atoms with Crippen molar-refractivity contribution in [2.24, 2.45) is 4.99 Å². The molecule has 0 spiro atoms. The molecule has 1 aliphatic carbocycles. The highest BCUT2D eigenvalue weighted by Gasteiger charge is 2.09. The lowest BCUT2D eigenvalue weighted by Gasteiger charge is -2.11. The van der Waals surface area contributed by atoms with E-state index < -0.39 is 0 Å². The van der Waals surface area contributed by atoms with Crippen LogP contribution in [0.2, 0.25) is 0 Å². The Hall–Kier alpha value is -3.14. The summed E-state index contributed by atoms with van der Waals surface area (Å²) in [5.41, 5.74) is 11.8. The first kappa shape index (κ1) is 28.9. The molecule has 4 nitrogen and oxygen atoms in total. The van der Waals surface area contributed by atoms with Crippen LogP contribution in [-0.2, 0) is 0 Å². The van der Waals surface area contributed by atoms with Crippen LogP contribution in [0.4, 0.5) is 5.82 Å². The fourth-order valence-electron chi connectivity index (χ4n) is 3.74. The second-order valence-electron chi connectivity index (χ2n) is 8.19. The van der Waals surface area contributed by atoms with Crippen molar-refractivity contribution >= 4 is 17.1 Å². The zero-order valence-corrected chi connectivity index (χ0v) is 22.1. The van der Waals surface area contributed by atoms with Gasteiger partial charge >= 0.3 is 0 Å². The van der Waals surface area contributed by atoms with Crippen molar-refractivity contribution in [3.8, 4) is 11.3 Å². The van der Waals surface area contributed by atoms with Crippen molar-refractivity contribution in [1.29, 1.82) is 0 Å². The molecule has 0 radical (unpaired) electrons. The molecule has 0 amide bonds. The van der Waals surface area contributed by atoms with E-state index in [1.54, 1.807) is 7.05 Å². The summed E-state index contributed by atoms with van der Waals surface area (Å²) < 4.78 is 0. The standard InChI is InChI=1S/C22H26N4.C6H12.C2H6/c1-6-9-21(24-3)19-12-13-20(25-22(19)23)18-11-8-10-17(14-18)16(7-2)15-26(4)5;1-2-4-6-5-3-1;1-2/h6-15H,2H2,1,3-5H3,(H2,23,25);1-6H2;1-2H3/b9-6-,16-15+,24-21?;;. The van der Waals surface area contributed by atoms with Crippen LogP contribution in [0.15, 0.2) is 72.4 Å². The monoisotopic (exact) mass is 460 g/mol. The van der Waals surface area contributed by atoms with Gasteiger partial charge in [-0.3, -0.25) is 4.99 Å². The predicted octanol–water partition coefficient (Wildman–Crippen LogP) is 7.78. The molecule has 1 heterocycles. The van der Waals surface area contributed by atoms with Crippen LogP contribution in [-0.4, -0.2) is 36.7 Å². The van der Waals surface area contributed by atoms with Crippen molar-refractivity contribution in [3.05, 3.63) is 78.5 Å². The van der Waals surface area contributed by atoms with Crippen LogP contribution < -0.4 is 5.73 Å². The summed E-state index contributed by atoms with van der Waals surface area (Å²) in [6, 6.07) is 12.1. The maximum Gasteiger partial charge on any atom is 0.133 e. The Morgan fingerprint density at radius 2 is 1.65 bits per heavy atom. The number of hydrogen-bond donors (Lipinski definition) is 1. The summed E-state index contributed by atoms with van der Waals surface area (Å²) in [7, 11) is 5.73. The molecule has 2 aromatic rings. The molecule has 2 N–H and O–H groups in total. The molecule has 0 unspecified atom stereocenters. The number of aromatic nitrogens is 1. The largest absolute Gasteiger partial charge is 0.383 e. The quantitative estimate of drug-likeness (QED) is 0.354. The van der Waals surface area contributed by atoms with Crippen LogP contribution in [0.3, 0.4) is 0 Å². The van der Waals surface area contributed by atoms with E-state index in [0.717, 1.165) is 33.7 Å². The van der Waals surface area contributed by atoms with Gasteiger partial charge in [-0.1, -0.05) is 89.3 Å². The van der Waals surface area contributed by atoms with Crippen LogP contribution in [0.25, 0.3) is 16.8 Å². The van der Waals surface area contributed by atoms with Crippen LogP contribution in [0, 0.1) is 0 Å². The molecule has 1 aromatic carbocycles. The molecule has 1 aliphatic rings. The van der Waals surface area contributed by atoms with Gasteiger partial charge < -0.3 is 10.6 Å². The molecule has 1 saturated carbocycles. The van der Waals surface area contributed by atoms with Crippen molar-refractivity contribution in [2.45, 2.75) is 59.3 Å². The Morgan fingerprint density at radius 1 is 1.03 bits per heavy atom. The first-order valence-corrected chi connectivity index (χ1v) is 12.5. The fraction of sp³-hybridized carbons (Fsp3) is 0.400. The number of hydrogen-bond acceptors (Lipinski definition) is 4. The van der Waals surface area contributed by atoms with Crippen LogP contribution in [0.1, 0.15) is 70.4 Å². The van der Waals surface area contributed by atoms with E-state index in [1.807, 2.05) is 88.5 Å². The Balaban J connectivity index is 0.000000615. The van der Waals surface area contributed by atoms with Gasteiger partial charge in [-0.2, -0.15) is 0 Å². The van der Waals surface area contributed by atoms with Gasteiger partial charge in [0.25, 0.3) is 0 Å². The van der Waals surface area contributed by atoms with E-state index in [4.69, 9.17) is 5.73 Å². The highest BCUT2D eigenvalue weighted by Crippen LogP contribution is 2.25. The summed E-state index contributed by atoms with van der Waals surface area (Å²) in [5, 5.41) is 0. The number of pyridine rings is 1. The predicted molar refractivity (Wildman–Crippen MR) is 152 cm³/mol. The average Bonchev–Trinajstić information content (AvgIpc) is 2.88. The summed E-state index contributed by atoms with van der Waals surface area (Å²) in [6.45, 7) is 9.87. The number of rotatable bonds is 6. The van der Waals surface area contributed by atoms with Gasteiger partial charge in [-0.15, -0.1) is 0 Å². The Labute approximate surface area is 208 Å². The zero-order valence-electron chi connectivity index (χ0n) is 22.1. The number of benzene rings is 1. The average molecular weight is 461 g/mol. The minimum atomic E-state index is 0.472. The number of aliphatic imine (C=N–C) groups is 1. The molecule has 0 aliphatic heterocycles. The molecule has 0 bridgehead atoms. The van der Waals surface area contributed by atoms with Crippen LogP contribution in [0.5, 0.6) is 0 Å². The third-order valence-corrected chi connectivity index (χ3v) is 5.37. The highest BCUT2D eigenvalue weighted by molar-refractivity contribution is 6.11. The molecule has 1 fully saturated rings. The second kappa shape index (κ2) is 16.5. The molecule has 184 valence electrons. The molecule has 3 rings (SSSR count). The lowest BCUT2D eigenvalue weighted by atomic mass is 10.0. The fourth-order valence-corrected chi connectivity index (χ4v) is 3.74. The summed E-state index contributed by atoms with van der Waals surface area (Å²) >= 11 is 0. The van der Waals surface area contributed by atoms with Crippen molar-refractivity contribution in [3.63, 3.8) is 0 Å². The number of nitrogens with two attached hydrogens (primary N) is 1. The van der Waals surface area contributed by atoms with Crippen LogP contribution >= 0.6 is 0 Å². The second-order valence-corrected chi connectivity index (χ2v) is 8.19. The van der Waals surface area contributed by atoms with E-state index in [9.17, 15) is 0 Å². The lowest BCUT2D eigenvalue weighted by Crippen LogP contribution is -2.05. The lowest BCUT2D eigenvalue weighted by molar-refractivity contribution is 0.504. The molecule has 1 aromatic heterocycles. The van der Waals surface area contributed by atoms with E-state index in [-0.39, 0.29) is 0 Å². The van der Waals surface area contributed by atoms with Gasteiger partial charge in [0, 0.05) is 38.5 Å². The number of allylic oxidation sites excluding steroid dienone is 4. The SMILES string of the molecule is C1CCCCC1.C=C/C(=C\N(C)C)c1cccc(-c2ccc(C(/C=C\C)=NC)c(N)n2)c1.CC. The summed E-state index contributed by atoms with van der Waals surface area (Å²) in [5.74, 6) is 0.472. The molecule has 0 atom stereocenters. The first-order valence-electron chi connectivity index (χ1n) is 12.5.